The Kier molecular flexibility index (Phi) is 4.80. The van der Waals surface area contributed by atoms with Crippen LogP contribution in [0.25, 0.3) is 0 Å². The minimum atomic E-state index is -0.956. The highest BCUT2D eigenvalue weighted by Gasteiger charge is 2.25. The Bertz CT molecular complexity index is 115. The molecule has 0 bridgehead atoms. The third-order valence-corrected chi connectivity index (χ3v) is 2.22. The molecule has 0 aliphatic heterocycles. The molecule has 2 nitrogen and oxygen atoms in total. The van der Waals surface area contributed by atoms with Crippen LogP contribution in [0, 0.1) is 5.92 Å². The Balaban J connectivity index is 3.76. The van der Waals surface area contributed by atoms with E-state index in [0.29, 0.717) is 12.3 Å². The van der Waals surface area contributed by atoms with E-state index in [2.05, 4.69) is 13.8 Å². The molecule has 0 radical (unpaired) electrons. The van der Waals surface area contributed by atoms with Crippen molar-refractivity contribution in [1.29, 1.82) is 0 Å². The lowest BCUT2D eigenvalue weighted by molar-refractivity contribution is -0.0577. The first-order valence-electron chi connectivity index (χ1n) is 4.78. The molecule has 0 aromatic carbocycles. The average Bonchev–Trinajstić information content (AvgIpc) is 1.85. The van der Waals surface area contributed by atoms with E-state index in [9.17, 15) is 10.2 Å². The molecule has 0 aliphatic rings. The third kappa shape index (κ3) is 4.73. The number of hydrogen-bond acceptors (Lipinski definition) is 2. The smallest absolute Gasteiger partial charge is 0.0849 e. The van der Waals surface area contributed by atoms with Crippen LogP contribution in [0.1, 0.15) is 47.0 Å². The van der Waals surface area contributed by atoms with Crippen molar-refractivity contribution < 1.29 is 10.2 Å². The summed E-state index contributed by atoms with van der Waals surface area (Å²) >= 11 is 0. The van der Waals surface area contributed by atoms with Gasteiger partial charge in [0.25, 0.3) is 0 Å². The van der Waals surface area contributed by atoms with Crippen molar-refractivity contribution in [1.82, 2.24) is 0 Å². The average molecular weight is 174 g/mol. The fourth-order valence-electron chi connectivity index (χ4n) is 1.28. The van der Waals surface area contributed by atoms with Crippen LogP contribution in [0.4, 0.5) is 0 Å². The zero-order valence-corrected chi connectivity index (χ0v) is 8.67. The van der Waals surface area contributed by atoms with Crippen LogP contribution in [0.15, 0.2) is 0 Å². The maximum absolute atomic E-state index is 9.53. The molecule has 74 valence electrons. The van der Waals surface area contributed by atoms with Gasteiger partial charge in [-0.25, -0.2) is 0 Å². The van der Waals surface area contributed by atoms with E-state index < -0.39 is 11.7 Å². The van der Waals surface area contributed by atoms with E-state index in [4.69, 9.17) is 0 Å². The van der Waals surface area contributed by atoms with Crippen LogP contribution in [0.2, 0.25) is 0 Å². The molecule has 0 aromatic rings. The Morgan fingerprint density at radius 3 is 2.17 bits per heavy atom. The second kappa shape index (κ2) is 4.83. The van der Waals surface area contributed by atoms with Crippen LogP contribution in [-0.2, 0) is 0 Å². The van der Waals surface area contributed by atoms with Gasteiger partial charge in [-0.2, -0.15) is 0 Å². The van der Waals surface area contributed by atoms with E-state index >= 15 is 0 Å². The fraction of sp³-hybridized carbons (Fsp3) is 1.00. The van der Waals surface area contributed by atoms with E-state index in [0.717, 1.165) is 12.8 Å². The molecule has 0 spiro atoms. The Morgan fingerprint density at radius 1 is 1.33 bits per heavy atom. The molecule has 0 heterocycles. The molecule has 0 aromatic heterocycles. The fourth-order valence-corrected chi connectivity index (χ4v) is 1.28. The highest BCUT2D eigenvalue weighted by Crippen LogP contribution is 2.19. The van der Waals surface area contributed by atoms with Crippen molar-refractivity contribution in [2.75, 3.05) is 0 Å². The van der Waals surface area contributed by atoms with Crippen molar-refractivity contribution in [3.63, 3.8) is 0 Å². The molecule has 0 aliphatic carbocycles. The molecule has 2 atom stereocenters. The van der Waals surface area contributed by atoms with Crippen molar-refractivity contribution in [3.8, 4) is 0 Å². The first kappa shape index (κ1) is 11.9. The van der Waals surface area contributed by atoms with Crippen molar-refractivity contribution in [2.45, 2.75) is 58.7 Å². The van der Waals surface area contributed by atoms with Crippen molar-refractivity contribution in [3.05, 3.63) is 0 Å². The summed E-state index contributed by atoms with van der Waals surface area (Å²) in [4.78, 5) is 0. The molecular formula is C10H22O2. The summed E-state index contributed by atoms with van der Waals surface area (Å²) in [5.41, 5.74) is -0.956. The number of aliphatic hydroxyl groups excluding tert-OH is 1. The topological polar surface area (TPSA) is 40.5 Å². The molecule has 0 fully saturated rings. The van der Waals surface area contributed by atoms with E-state index in [-0.39, 0.29) is 0 Å². The first-order valence-corrected chi connectivity index (χ1v) is 4.78. The Hall–Kier alpha value is -0.0800. The van der Waals surface area contributed by atoms with E-state index in [1.807, 2.05) is 0 Å². The zero-order chi connectivity index (χ0) is 9.78. The molecule has 12 heavy (non-hydrogen) atoms. The number of aliphatic hydroxyl groups is 2. The highest BCUT2D eigenvalue weighted by atomic mass is 16.3. The number of hydrogen-bond donors (Lipinski definition) is 2. The summed E-state index contributed by atoms with van der Waals surface area (Å²) in [5.74, 6) is 0.497. The van der Waals surface area contributed by atoms with Gasteiger partial charge in [-0.3, -0.25) is 0 Å². The first-order chi connectivity index (χ1) is 5.38. The van der Waals surface area contributed by atoms with Crippen molar-refractivity contribution >= 4 is 0 Å². The largest absolute Gasteiger partial charge is 0.390 e. The monoisotopic (exact) mass is 174 g/mol. The van der Waals surface area contributed by atoms with Crippen LogP contribution >= 0.6 is 0 Å². The lowest BCUT2D eigenvalue weighted by Gasteiger charge is -2.26. The summed E-state index contributed by atoms with van der Waals surface area (Å²) < 4.78 is 0. The van der Waals surface area contributed by atoms with E-state index in [1.54, 1.807) is 13.8 Å². The molecule has 0 rings (SSSR count). The normalized spacial score (nSPS) is 17.5. The molecule has 0 saturated heterocycles. The summed E-state index contributed by atoms with van der Waals surface area (Å²) in [6.07, 6.45) is 2.35. The number of rotatable bonds is 5. The van der Waals surface area contributed by atoms with Crippen LogP contribution < -0.4 is 0 Å². The van der Waals surface area contributed by atoms with Gasteiger partial charge in [0.1, 0.15) is 0 Å². The zero-order valence-electron chi connectivity index (χ0n) is 8.67. The van der Waals surface area contributed by atoms with Gasteiger partial charge < -0.3 is 10.2 Å². The SMILES string of the molecule is CCCC(C)CC(O)C(C)(C)O. The van der Waals surface area contributed by atoms with Crippen LogP contribution in [0.5, 0.6) is 0 Å². The lowest BCUT2D eigenvalue weighted by Crippen LogP contribution is -2.36. The summed E-state index contributed by atoms with van der Waals surface area (Å²) in [6, 6.07) is 0. The summed E-state index contributed by atoms with van der Waals surface area (Å²) in [7, 11) is 0. The Labute approximate surface area is 75.6 Å². The van der Waals surface area contributed by atoms with Crippen LogP contribution in [-0.4, -0.2) is 21.9 Å². The Morgan fingerprint density at radius 2 is 1.83 bits per heavy atom. The predicted octanol–water partition coefficient (Wildman–Crippen LogP) is 1.94. The van der Waals surface area contributed by atoms with Gasteiger partial charge in [0.05, 0.1) is 11.7 Å². The molecule has 0 amide bonds. The molecule has 2 unspecified atom stereocenters. The van der Waals surface area contributed by atoms with Gasteiger partial charge in [0.2, 0.25) is 0 Å². The van der Waals surface area contributed by atoms with Crippen LogP contribution in [0.3, 0.4) is 0 Å². The van der Waals surface area contributed by atoms with Gasteiger partial charge in [0.15, 0.2) is 0 Å². The molecular weight excluding hydrogens is 152 g/mol. The predicted molar refractivity (Wildman–Crippen MR) is 51.0 cm³/mol. The summed E-state index contributed by atoms with van der Waals surface area (Å²) in [5, 5.41) is 19.0. The van der Waals surface area contributed by atoms with Gasteiger partial charge in [-0.05, 0) is 26.2 Å². The van der Waals surface area contributed by atoms with E-state index in [1.165, 1.54) is 0 Å². The summed E-state index contributed by atoms with van der Waals surface area (Å²) in [6.45, 7) is 7.54. The lowest BCUT2D eigenvalue weighted by atomic mass is 9.91. The molecule has 2 N–H and O–H groups in total. The highest BCUT2D eigenvalue weighted by molar-refractivity contribution is 4.77. The molecule has 2 heteroatoms. The minimum Gasteiger partial charge on any atom is -0.390 e. The maximum atomic E-state index is 9.53. The molecule has 0 saturated carbocycles. The van der Waals surface area contributed by atoms with Gasteiger partial charge in [-0.1, -0.05) is 26.7 Å². The third-order valence-electron chi connectivity index (χ3n) is 2.22. The quantitative estimate of drug-likeness (QED) is 0.668. The van der Waals surface area contributed by atoms with Crippen molar-refractivity contribution in [2.24, 2.45) is 5.92 Å². The standard InChI is InChI=1S/C10H22O2/c1-5-6-8(2)7-9(11)10(3,4)12/h8-9,11-12H,5-7H2,1-4H3. The second-order valence-corrected chi connectivity index (χ2v) is 4.30. The van der Waals surface area contributed by atoms with Gasteiger partial charge in [0, 0.05) is 0 Å². The van der Waals surface area contributed by atoms with Gasteiger partial charge in [-0.15, -0.1) is 0 Å². The maximum Gasteiger partial charge on any atom is 0.0849 e. The van der Waals surface area contributed by atoms with Gasteiger partial charge >= 0.3 is 0 Å². The minimum absolute atomic E-state index is 0.497. The second-order valence-electron chi connectivity index (χ2n) is 4.30.